The van der Waals surface area contributed by atoms with Crippen LogP contribution >= 0.6 is 31.9 Å². The minimum Gasteiger partial charge on any atom is -0.496 e. The van der Waals surface area contributed by atoms with Crippen LogP contribution < -0.4 is 9.47 Å². The lowest BCUT2D eigenvalue weighted by molar-refractivity contribution is -0.124. The molecule has 2 rings (SSSR count). The van der Waals surface area contributed by atoms with E-state index in [1.54, 1.807) is 7.11 Å². The van der Waals surface area contributed by atoms with Crippen LogP contribution in [0.4, 0.5) is 0 Å². The number of Topliss-reactive ketones (excluding diaryl/α,β-unsaturated/α-hetero) is 1. The third-order valence-corrected chi connectivity index (χ3v) is 4.63. The number of ketones is 1. The molecule has 1 aromatic rings. The van der Waals surface area contributed by atoms with Crippen molar-refractivity contribution in [3.63, 3.8) is 0 Å². The molecule has 1 aliphatic rings. The average Bonchev–Trinajstić information content (AvgIpc) is 2.93. The van der Waals surface area contributed by atoms with Crippen molar-refractivity contribution >= 4 is 37.6 Å². The van der Waals surface area contributed by atoms with Gasteiger partial charge in [0, 0.05) is 5.92 Å². The summed E-state index contributed by atoms with van der Waals surface area (Å²) in [6, 6.07) is 3.63. The van der Waals surface area contributed by atoms with Gasteiger partial charge >= 0.3 is 0 Å². The van der Waals surface area contributed by atoms with Gasteiger partial charge in [0.05, 0.1) is 16.1 Å². The Kier molecular flexibility index (Phi) is 5.28. The first-order valence-corrected chi connectivity index (χ1v) is 7.89. The molecule has 0 bridgehead atoms. The van der Waals surface area contributed by atoms with Crippen molar-refractivity contribution in [3.8, 4) is 11.5 Å². The highest BCUT2D eigenvalue weighted by Crippen LogP contribution is 2.36. The smallest absolute Gasteiger partial charge is 0.173 e. The third-order valence-electron chi connectivity index (χ3n) is 3.39. The molecule has 0 aliphatic heterocycles. The number of methoxy groups -OCH3 is 1. The van der Waals surface area contributed by atoms with Crippen molar-refractivity contribution in [2.75, 3.05) is 13.7 Å². The Morgan fingerprint density at radius 1 is 1.21 bits per heavy atom. The molecule has 0 heterocycles. The average molecular weight is 392 g/mol. The summed E-state index contributed by atoms with van der Waals surface area (Å²) in [5, 5.41) is 0. The van der Waals surface area contributed by atoms with E-state index in [2.05, 4.69) is 31.9 Å². The molecule has 1 saturated carbocycles. The largest absolute Gasteiger partial charge is 0.496 e. The van der Waals surface area contributed by atoms with Crippen LogP contribution in [0.3, 0.4) is 0 Å². The van der Waals surface area contributed by atoms with Crippen molar-refractivity contribution in [1.29, 1.82) is 0 Å². The summed E-state index contributed by atoms with van der Waals surface area (Å²) in [5.74, 6) is 1.78. The number of ether oxygens (including phenoxy) is 2. The van der Waals surface area contributed by atoms with Crippen LogP contribution in [0.5, 0.6) is 11.5 Å². The summed E-state index contributed by atoms with van der Waals surface area (Å²) < 4.78 is 12.4. The molecular weight excluding hydrogens is 376 g/mol. The van der Waals surface area contributed by atoms with E-state index in [-0.39, 0.29) is 18.3 Å². The molecule has 1 aliphatic carbocycles. The molecule has 0 N–H and O–H groups in total. The van der Waals surface area contributed by atoms with E-state index in [0.29, 0.717) is 5.75 Å². The number of benzene rings is 1. The molecule has 0 atom stereocenters. The molecule has 0 radical (unpaired) electrons. The van der Waals surface area contributed by atoms with Gasteiger partial charge in [-0.3, -0.25) is 4.79 Å². The van der Waals surface area contributed by atoms with E-state index in [0.717, 1.165) is 40.4 Å². The first-order chi connectivity index (χ1) is 9.11. The first-order valence-electron chi connectivity index (χ1n) is 6.30. The number of hydrogen-bond donors (Lipinski definition) is 0. The summed E-state index contributed by atoms with van der Waals surface area (Å²) >= 11 is 6.82. The summed E-state index contributed by atoms with van der Waals surface area (Å²) in [6.07, 6.45) is 4.34. The van der Waals surface area contributed by atoms with Gasteiger partial charge < -0.3 is 9.47 Å². The van der Waals surface area contributed by atoms with Gasteiger partial charge in [0.2, 0.25) is 0 Å². The van der Waals surface area contributed by atoms with E-state index in [1.807, 2.05) is 12.1 Å². The van der Waals surface area contributed by atoms with Crippen LogP contribution in [0.15, 0.2) is 21.1 Å². The molecule has 0 saturated heterocycles. The lowest BCUT2D eigenvalue weighted by atomic mass is 10.0. The Hall–Kier alpha value is -0.550. The molecule has 0 spiro atoms. The Bertz CT molecular complexity index is 468. The molecular formula is C14H16Br2O3. The molecule has 5 heteroatoms. The van der Waals surface area contributed by atoms with Gasteiger partial charge in [-0.1, -0.05) is 12.8 Å². The van der Waals surface area contributed by atoms with Gasteiger partial charge in [0.1, 0.15) is 18.1 Å². The summed E-state index contributed by atoms with van der Waals surface area (Å²) in [5.41, 5.74) is 0. The summed E-state index contributed by atoms with van der Waals surface area (Å²) in [7, 11) is 1.61. The monoisotopic (exact) mass is 390 g/mol. The van der Waals surface area contributed by atoms with Crippen LogP contribution in [0.2, 0.25) is 0 Å². The fourth-order valence-corrected chi connectivity index (χ4v) is 3.21. The zero-order valence-electron chi connectivity index (χ0n) is 10.7. The maximum atomic E-state index is 12.0. The number of halogens is 2. The lowest BCUT2D eigenvalue weighted by Crippen LogP contribution is -2.19. The van der Waals surface area contributed by atoms with E-state index in [9.17, 15) is 4.79 Å². The van der Waals surface area contributed by atoms with Crippen LogP contribution in [0.1, 0.15) is 25.7 Å². The van der Waals surface area contributed by atoms with E-state index in [1.165, 1.54) is 0 Å². The molecule has 104 valence electrons. The summed E-state index contributed by atoms with van der Waals surface area (Å²) in [6.45, 7) is 0.141. The summed E-state index contributed by atoms with van der Waals surface area (Å²) in [4.78, 5) is 12.0. The number of carbonyl (C=O) groups excluding carboxylic acids is 1. The van der Waals surface area contributed by atoms with Crippen LogP contribution in [0, 0.1) is 5.92 Å². The SMILES string of the molecule is COc1cc(Br)c(OCC(=O)C2CCCC2)cc1Br. The first kappa shape index (κ1) is 14.9. The van der Waals surface area contributed by atoms with Gasteiger partial charge in [-0.25, -0.2) is 0 Å². The minimum absolute atomic E-state index is 0.141. The topological polar surface area (TPSA) is 35.5 Å². The molecule has 19 heavy (non-hydrogen) atoms. The molecule has 0 aromatic heterocycles. The predicted octanol–water partition coefficient (Wildman–Crippen LogP) is 4.36. The number of hydrogen-bond acceptors (Lipinski definition) is 3. The van der Waals surface area contributed by atoms with Crippen molar-refractivity contribution in [2.45, 2.75) is 25.7 Å². The normalized spacial score (nSPS) is 15.5. The van der Waals surface area contributed by atoms with Gasteiger partial charge in [-0.2, -0.15) is 0 Å². The second-order valence-electron chi connectivity index (χ2n) is 4.65. The minimum atomic E-state index is 0.141. The zero-order chi connectivity index (χ0) is 13.8. The Morgan fingerprint density at radius 2 is 1.79 bits per heavy atom. The second-order valence-corrected chi connectivity index (χ2v) is 6.36. The standard InChI is InChI=1S/C14H16Br2O3/c1-18-13-6-11(16)14(7-10(13)15)19-8-12(17)9-4-2-3-5-9/h6-7,9H,2-5,8H2,1H3. The second kappa shape index (κ2) is 6.75. The van der Waals surface area contributed by atoms with Gasteiger partial charge in [0.15, 0.2) is 5.78 Å². The van der Waals surface area contributed by atoms with Crippen LogP contribution in [-0.4, -0.2) is 19.5 Å². The quantitative estimate of drug-likeness (QED) is 0.748. The third kappa shape index (κ3) is 3.72. The number of rotatable bonds is 5. The Labute approximate surface area is 129 Å². The highest BCUT2D eigenvalue weighted by atomic mass is 79.9. The van der Waals surface area contributed by atoms with Gasteiger partial charge in [0.25, 0.3) is 0 Å². The molecule has 0 amide bonds. The Morgan fingerprint density at radius 3 is 2.42 bits per heavy atom. The Balaban J connectivity index is 1.99. The molecule has 3 nitrogen and oxygen atoms in total. The fourth-order valence-electron chi connectivity index (χ4n) is 2.29. The highest BCUT2D eigenvalue weighted by Gasteiger charge is 2.23. The zero-order valence-corrected chi connectivity index (χ0v) is 13.9. The van der Waals surface area contributed by atoms with Gasteiger partial charge in [-0.05, 0) is 56.8 Å². The van der Waals surface area contributed by atoms with Crippen molar-refractivity contribution in [1.82, 2.24) is 0 Å². The molecule has 0 unspecified atom stereocenters. The van der Waals surface area contributed by atoms with Crippen molar-refractivity contribution in [2.24, 2.45) is 5.92 Å². The molecule has 1 fully saturated rings. The van der Waals surface area contributed by atoms with Crippen LogP contribution in [-0.2, 0) is 4.79 Å². The lowest BCUT2D eigenvalue weighted by Gasteiger charge is -2.12. The maximum absolute atomic E-state index is 12.0. The highest BCUT2D eigenvalue weighted by molar-refractivity contribution is 9.11. The van der Waals surface area contributed by atoms with E-state index < -0.39 is 0 Å². The van der Waals surface area contributed by atoms with Crippen LogP contribution in [0.25, 0.3) is 0 Å². The maximum Gasteiger partial charge on any atom is 0.173 e. The van der Waals surface area contributed by atoms with Gasteiger partial charge in [-0.15, -0.1) is 0 Å². The number of carbonyl (C=O) groups is 1. The van der Waals surface area contributed by atoms with E-state index in [4.69, 9.17) is 9.47 Å². The van der Waals surface area contributed by atoms with Crippen molar-refractivity contribution < 1.29 is 14.3 Å². The molecule has 1 aromatic carbocycles. The predicted molar refractivity (Wildman–Crippen MR) is 80.9 cm³/mol. The fraction of sp³-hybridized carbons (Fsp3) is 0.500. The van der Waals surface area contributed by atoms with Crippen molar-refractivity contribution in [3.05, 3.63) is 21.1 Å². The van der Waals surface area contributed by atoms with E-state index >= 15 is 0 Å².